The lowest BCUT2D eigenvalue weighted by Gasteiger charge is -2.26. The molecule has 6 nitrogen and oxygen atoms in total. The van der Waals surface area contributed by atoms with Crippen molar-refractivity contribution >= 4 is 23.1 Å². The highest BCUT2D eigenvalue weighted by atomic mass is 16.7. The van der Waals surface area contributed by atoms with Crippen molar-refractivity contribution in [1.29, 1.82) is 0 Å². The topological polar surface area (TPSA) is 77.0 Å². The molecule has 0 saturated carbocycles. The number of amides is 1. The van der Waals surface area contributed by atoms with Crippen molar-refractivity contribution in [2.75, 3.05) is 5.32 Å². The molecule has 0 aromatic heterocycles. The van der Waals surface area contributed by atoms with E-state index in [1.807, 2.05) is 72.8 Å². The molecule has 0 fully saturated rings. The smallest absolute Gasteiger partial charge is 0.277 e. The second kappa shape index (κ2) is 8.82. The molecule has 0 unspecified atom stereocenters. The van der Waals surface area contributed by atoms with Crippen molar-refractivity contribution in [2.24, 2.45) is 11.1 Å². The summed E-state index contributed by atoms with van der Waals surface area (Å²) in [4.78, 5) is 33.2. The minimum absolute atomic E-state index is 0.233. The summed E-state index contributed by atoms with van der Waals surface area (Å²) in [5, 5.41) is 7.21. The molecule has 0 bridgehead atoms. The molecule has 2 atom stereocenters. The number of benzene rings is 4. The van der Waals surface area contributed by atoms with Crippen molar-refractivity contribution in [3.8, 4) is 5.75 Å². The third kappa shape index (κ3) is 3.55. The molecule has 2 heterocycles. The van der Waals surface area contributed by atoms with Gasteiger partial charge < -0.3 is 14.9 Å². The van der Waals surface area contributed by atoms with Crippen LogP contribution in [-0.4, -0.2) is 17.4 Å². The largest absolute Gasteiger partial charge is 0.489 e. The zero-order valence-corrected chi connectivity index (χ0v) is 19.3. The summed E-state index contributed by atoms with van der Waals surface area (Å²) in [6, 6.07) is 33.4. The Bertz CT molecular complexity index is 1470. The number of carbonyl (C=O) groups is 2. The number of Topliss-reactive ketones (excluding diaryl/α,β-unsaturated/α-hetero) is 1. The van der Waals surface area contributed by atoms with Crippen molar-refractivity contribution < 1.29 is 19.2 Å². The number of rotatable bonds is 6. The van der Waals surface area contributed by atoms with E-state index >= 15 is 0 Å². The number of nitrogens with zero attached hydrogens (tertiary/aromatic N) is 1. The van der Waals surface area contributed by atoms with Crippen LogP contribution in [0.3, 0.4) is 0 Å². The quantitative estimate of drug-likeness (QED) is 0.383. The predicted molar refractivity (Wildman–Crippen MR) is 136 cm³/mol. The van der Waals surface area contributed by atoms with Crippen molar-refractivity contribution in [3.05, 3.63) is 131 Å². The molecule has 6 heteroatoms. The van der Waals surface area contributed by atoms with Crippen LogP contribution in [0.5, 0.6) is 5.75 Å². The zero-order valence-electron chi connectivity index (χ0n) is 19.3. The number of carbonyl (C=O) groups excluding carboxylic acids is 2. The van der Waals surface area contributed by atoms with Crippen molar-refractivity contribution in [1.82, 2.24) is 0 Å². The van der Waals surface area contributed by atoms with Gasteiger partial charge in [0.2, 0.25) is 0 Å². The molecule has 2 aliphatic rings. The van der Waals surface area contributed by atoms with Gasteiger partial charge in [-0.2, -0.15) is 0 Å². The number of nitrogens with one attached hydrogen (secondary N) is 1. The van der Waals surface area contributed by atoms with E-state index in [1.54, 1.807) is 36.4 Å². The van der Waals surface area contributed by atoms with Gasteiger partial charge in [0, 0.05) is 22.4 Å². The fourth-order valence-electron chi connectivity index (χ4n) is 4.81. The Kier molecular flexibility index (Phi) is 5.34. The Hall–Kier alpha value is -4.71. The molecule has 1 N–H and O–H groups in total. The van der Waals surface area contributed by atoms with Crippen LogP contribution < -0.4 is 10.1 Å². The van der Waals surface area contributed by atoms with Crippen LogP contribution in [0.15, 0.2) is 114 Å². The van der Waals surface area contributed by atoms with Gasteiger partial charge in [0.05, 0.1) is 0 Å². The van der Waals surface area contributed by atoms with E-state index < -0.39 is 17.4 Å². The van der Waals surface area contributed by atoms with E-state index in [0.29, 0.717) is 40.4 Å². The number of oxime groups is 1. The summed E-state index contributed by atoms with van der Waals surface area (Å²) in [7, 11) is 0. The average Bonchev–Trinajstić information content (AvgIpc) is 3.47. The van der Waals surface area contributed by atoms with Crippen molar-refractivity contribution in [3.63, 3.8) is 0 Å². The van der Waals surface area contributed by atoms with E-state index in [0.717, 1.165) is 5.56 Å². The standard InChI is InChI=1S/C30H22N2O4/c33-28(22-11-5-2-6-12-22)26-27(32-36-30(26)24-13-7-8-14-25(24)31-29(30)34)21-15-17-23(18-16-21)35-19-20-9-3-1-4-10-20/h1-18,26H,19H2,(H,31,34)/t26-,30+/m0/s1. The molecule has 0 radical (unpaired) electrons. The second-order valence-corrected chi connectivity index (χ2v) is 8.77. The van der Waals surface area contributed by atoms with Gasteiger partial charge in [0.1, 0.15) is 24.0 Å². The summed E-state index contributed by atoms with van der Waals surface area (Å²) < 4.78 is 5.91. The maximum Gasteiger partial charge on any atom is 0.277 e. The van der Waals surface area contributed by atoms with E-state index in [4.69, 9.17) is 9.57 Å². The van der Waals surface area contributed by atoms with Crippen LogP contribution >= 0.6 is 0 Å². The summed E-state index contributed by atoms with van der Waals surface area (Å²) in [5.74, 6) is -0.908. The number of anilines is 1. The summed E-state index contributed by atoms with van der Waals surface area (Å²) in [6.07, 6.45) is 0. The first-order chi connectivity index (χ1) is 17.7. The Morgan fingerprint density at radius 3 is 2.28 bits per heavy atom. The lowest BCUT2D eigenvalue weighted by atomic mass is 9.74. The van der Waals surface area contributed by atoms with Gasteiger partial charge in [-0.05, 0) is 35.9 Å². The lowest BCUT2D eigenvalue weighted by molar-refractivity contribution is -0.140. The average molecular weight is 475 g/mol. The number of ether oxygens (including phenoxy) is 1. The first kappa shape index (κ1) is 21.8. The predicted octanol–water partition coefficient (Wildman–Crippen LogP) is 5.35. The molecule has 1 spiro atoms. The monoisotopic (exact) mass is 474 g/mol. The van der Waals surface area contributed by atoms with Gasteiger partial charge in [-0.15, -0.1) is 0 Å². The zero-order chi connectivity index (χ0) is 24.5. The summed E-state index contributed by atoms with van der Waals surface area (Å²) >= 11 is 0. The molecule has 0 aliphatic carbocycles. The van der Waals surface area contributed by atoms with E-state index in [2.05, 4.69) is 10.5 Å². The number of hydrogen-bond donors (Lipinski definition) is 1. The van der Waals surface area contributed by atoms with Gasteiger partial charge in [0.25, 0.3) is 11.5 Å². The highest BCUT2D eigenvalue weighted by Crippen LogP contribution is 2.49. The molecule has 1 amide bonds. The second-order valence-electron chi connectivity index (χ2n) is 8.77. The number of ketones is 1. The number of para-hydroxylation sites is 1. The van der Waals surface area contributed by atoms with Crippen molar-refractivity contribution in [2.45, 2.75) is 12.2 Å². The van der Waals surface area contributed by atoms with E-state index in [9.17, 15) is 9.59 Å². The fourth-order valence-corrected chi connectivity index (χ4v) is 4.81. The molecule has 2 aliphatic heterocycles. The van der Waals surface area contributed by atoms with Gasteiger partial charge in [-0.25, -0.2) is 0 Å². The molecule has 4 aromatic rings. The molecule has 0 saturated heterocycles. The molecular formula is C30H22N2O4. The van der Waals surface area contributed by atoms with Crippen LogP contribution in [0.2, 0.25) is 0 Å². The Morgan fingerprint density at radius 2 is 1.53 bits per heavy atom. The molecule has 176 valence electrons. The third-order valence-corrected chi connectivity index (χ3v) is 6.60. The van der Waals surface area contributed by atoms with Gasteiger partial charge in [-0.3, -0.25) is 9.59 Å². The molecule has 36 heavy (non-hydrogen) atoms. The Labute approximate surface area is 208 Å². The number of fused-ring (bicyclic) bond motifs is 2. The number of hydrogen-bond acceptors (Lipinski definition) is 5. The van der Waals surface area contributed by atoms with Gasteiger partial charge in [0.15, 0.2) is 5.78 Å². The Morgan fingerprint density at radius 1 is 0.861 bits per heavy atom. The van der Waals surface area contributed by atoms with E-state index in [-0.39, 0.29) is 5.78 Å². The van der Waals surface area contributed by atoms with Crippen LogP contribution in [-0.2, 0) is 21.8 Å². The van der Waals surface area contributed by atoms with Crippen LogP contribution in [0.4, 0.5) is 5.69 Å². The molecule has 4 aromatic carbocycles. The minimum atomic E-state index is -1.57. The molecule has 6 rings (SSSR count). The maximum atomic E-state index is 13.9. The SMILES string of the molecule is O=C(c1ccccc1)[C@@H]1C(c2ccc(OCc3ccccc3)cc2)=NO[C@@]12C(=O)Nc1ccccc12. The normalized spacial score (nSPS) is 19.8. The van der Waals surface area contributed by atoms with Crippen LogP contribution in [0.25, 0.3) is 0 Å². The lowest BCUT2D eigenvalue weighted by Crippen LogP contribution is -2.46. The summed E-state index contributed by atoms with van der Waals surface area (Å²) in [5.41, 5.74) is 2.30. The van der Waals surface area contributed by atoms with Crippen LogP contribution in [0, 0.1) is 5.92 Å². The first-order valence-corrected chi connectivity index (χ1v) is 11.7. The molecular weight excluding hydrogens is 452 g/mol. The van der Waals surface area contributed by atoms with Crippen LogP contribution in [0.1, 0.15) is 27.0 Å². The maximum absolute atomic E-state index is 13.9. The fraction of sp³-hybridized carbons (Fsp3) is 0.100. The third-order valence-electron chi connectivity index (χ3n) is 6.60. The van der Waals surface area contributed by atoms with E-state index in [1.165, 1.54) is 0 Å². The first-order valence-electron chi connectivity index (χ1n) is 11.7. The van der Waals surface area contributed by atoms with Gasteiger partial charge in [-0.1, -0.05) is 84.0 Å². The minimum Gasteiger partial charge on any atom is -0.489 e. The Balaban J connectivity index is 1.36. The highest BCUT2D eigenvalue weighted by molar-refractivity contribution is 6.24. The highest BCUT2D eigenvalue weighted by Gasteiger charge is 2.63. The van der Waals surface area contributed by atoms with Gasteiger partial charge >= 0.3 is 0 Å². The summed E-state index contributed by atoms with van der Waals surface area (Å²) in [6.45, 7) is 0.444.